The Kier molecular flexibility index (Phi) is 8.60. The highest BCUT2D eigenvalue weighted by atomic mass is 32.1. The molecule has 0 radical (unpaired) electrons. The van der Waals surface area contributed by atoms with E-state index in [0.717, 1.165) is 0 Å². The van der Waals surface area contributed by atoms with E-state index in [0.29, 0.717) is 30.0 Å². The van der Waals surface area contributed by atoms with Crippen LogP contribution in [0.2, 0.25) is 0 Å². The molecule has 9 nitrogen and oxygen atoms in total. The van der Waals surface area contributed by atoms with Crippen LogP contribution in [-0.2, 0) is 9.53 Å². The van der Waals surface area contributed by atoms with Gasteiger partial charge in [0.05, 0.1) is 22.8 Å². The van der Waals surface area contributed by atoms with Gasteiger partial charge in [0.2, 0.25) is 5.91 Å². The van der Waals surface area contributed by atoms with E-state index in [-0.39, 0.29) is 16.7 Å². The molecular weight excluding hydrogens is 408 g/mol. The Labute approximate surface area is 178 Å². The summed E-state index contributed by atoms with van der Waals surface area (Å²) in [4.78, 5) is 34.6. The molecule has 2 rings (SSSR count). The Morgan fingerprint density at radius 2 is 1.97 bits per heavy atom. The SMILES string of the molecule is COCCNC(=O)c1ccccc1NC(=S)NC(=O)/C=C/c1cccc([N+](=O)[O-])c1. The third-order valence-electron chi connectivity index (χ3n) is 3.76. The Morgan fingerprint density at radius 1 is 1.20 bits per heavy atom. The fraction of sp³-hybridized carbons (Fsp3) is 0.150. The number of ether oxygens (including phenoxy) is 1. The first-order valence-electron chi connectivity index (χ1n) is 8.81. The molecule has 2 aromatic rings. The van der Waals surface area contributed by atoms with Gasteiger partial charge in [0.15, 0.2) is 5.11 Å². The van der Waals surface area contributed by atoms with Crippen molar-refractivity contribution in [2.24, 2.45) is 0 Å². The number of rotatable bonds is 8. The summed E-state index contributed by atoms with van der Waals surface area (Å²) in [6.45, 7) is 0.736. The van der Waals surface area contributed by atoms with Crippen molar-refractivity contribution in [2.75, 3.05) is 25.6 Å². The van der Waals surface area contributed by atoms with Crippen molar-refractivity contribution < 1.29 is 19.2 Å². The maximum atomic E-state index is 12.3. The summed E-state index contributed by atoms with van der Waals surface area (Å²) in [7, 11) is 1.54. The van der Waals surface area contributed by atoms with E-state index < -0.39 is 10.8 Å². The smallest absolute Gasteiger partial charge is 0.270 e. The lowest BCUT2D eigenvalue weighted by Crippen LogP contribution is -2.34. The molecule has 3 N–H and O–H groups in total. The number of thiocarbonyl (C=S) groups is 1. The number of nitrogens with zero attached hydrogens (tertiary/aromatic N) is 1. The highest BCUT2D eigenvalue weighted by molar-refractivity contribution is 7.80. The minimum Gasteiger partial charge on any atom is -0.383 e. The minimum atomic E-state index is -0.527. The van der Waals surface area contributed by atoms with Crippen LogP contribution in [0.5, 0.6) is 0 Å². The van der Waals surface area contributed by atoms with E-state index in [4.69, 9.17) is 17.0 Å². The van der Waals surface area contributed by atoms with Crippen molar-refractivity contribution in [1.82, 2.24) is 10.6 Å². The zero-order chi connectivity index (χ0) is 21.9. The van der Waals surface area contributed by atoms with Crippen LogP contribution < -0.4 is 16.0 Å². The zero-order valence-electron chi connectivity index (χ0n) is 16.1. The van der Waals surface area contributed by atoms with Crippen molar-refractivity contribution >= 4 is 46.6 Å². The highest BCUT2D eigenvalue weighted by Crippen LogP contribution is 2.15. The fourth-order valence-corrected chi connectivity index (χ4v) is 2.58. The van der Waals surface area contributed by atoms with Gasteiger partial charge in [-0.25, -0.2) is 0 Å². The van der Waals surface area contributed by atoms with Crippen molar-refractivity contribution in [3.05, 3.63) is 75.8 Å². The Morgan fingerprint density at radius 3 is 2.70 bits per heavy atom. The summed E-state index contributed by atoms with van der Waals surface area (Å²) in [5, 5.41) is 18.8. The van der Waals surface area contributed by atoms with E-state index >= 15 is 0 Å². The van der Waals surface area contributed by atoms with Crippen LogP contribution in [0.3, 0.4) is 0 Å². The average molecular weight is 428 g/mol. The summed E-state index contributed by atoms with van der Waals surface area (Å²) < 4.78 is 4.90. The summed E-state index contributed by atoms with van der Waals surface area (Å²) >= 11 is 5.13. The second-order valence-electron chi connectivity index (χ2n) is 5.92. The molecule has 0 heterocycles. The number of anilines is 1. The standard InChI is InChI=1S/C20H20N4O5S/c1-29-12-11-21-19(26)16-7-2-3-8-17(16)22-20(30)23-18(25)10-9-14-5-4-6-15(13-14)24(27)28/h2-10,13H,11-12H2,1H3,(H,21,26)(H2,22,23,25,30)/b10-9+. The molecule has 0 spiro atoms. The third-order valence-corrected chi connectivity index (χ3v) is 3.96. The van der Waals surface area contributed by atoms with Gasteiger partial charge in [0.1, 0.15) is 0 Å². The molecule has 0 aliphatic rings. The summed E-state index contributed by atoms with van der Waals surface area (Å²) in [6, 6.07) is 12.6. The highest BCUT2D eigenvalue weighted by Gasteiger charge is 2.12. The Bertz CT molecular complexity index is 977. The molecular formula is C20H20N4O5S. The van der Waals surface area contributed by atoms with Gasteiger partial charge in [-0.05, 0) is 36.0 Å². The Hall–Kier alpha value is -3.63. The van der Waals surface area contributed by atoms with Gasteiger partial charge in [-0.1, -0.05) is 24.3 Å². The molecule has 0 aliphatic carbocycles. The minimum absolute atomic E-state index is 0.000772. The van der Waals surface area contributed by atoms with Crippen molar-refractivity contribution in [3.63, 3.8) is 0 Å². The lowest BCUT2D eigenvalue weighted by Gasteiger charge is -2.13. The molecule has 0 aliphatic heterocycles. The number of nitrogens with one attached hydrogen (secondary N) is 3. The quantitative estimate of drug-likeness (QED) is 0.194. The number of para-hydroxylation sites is 1. The summed E-state index contributed by atoms with van der Waals surface area (Å²) in [5.74, 6) is -0.837. The molecule has 2 aromatic carbocycles. The number of non-ortho nitro benzene ring substituents is 1. The maximum absolute atomic E-state index is 12.3. The van der Waals surface area contributed by atoms with Crippen LogP contribution in [0.15, 0.2) is 54.6 Å². The topological polar surface area (TPSA) is 123 Å². The molecule has 0 saturated carbocycles. The number of methoxy groups -OCH3 is 1. The van der Waals surface area contributed by atoms with Crippen molar-refractivity contribution in [2.45, 2.75) is 0 Å². The van der Waals surface area contributed by atoms with E-state index in [1.165, 1.54) is 37.5 Å². The van der Waals surface area contributed by atoms with Crippen LogP contribution in [-0.4, -0.2) is 42.1 Å². The zero-order valence-corrected chi connectivity index (χ0v) is 16.9. The molecule has 156 valence electrons. The molecule has 2 amide bonds. The average Bonchev–Trinajstić information content (AvgIpc) is 2.73. The third kappa shape index (κ3) is 7.08. The number of nitro benzene ring substituents is 1. The first-order valence-corrected chi connectivity index (χ1v) is 9.22. The second-order valence-corrected chi connectivity index (χ2v) is 6.33. The van der Waals surface area contributed by atoms with Gasteiger partial charge in [0, 0.05) is 31.9 Å². The molecule has 0 saturated heterocycles. The maximum Gasteiger partial charge on any atom is 0.270 e. The molecule has 0 bridgehead atoms. The number of carbonyl (C=O) groups excluding carboxylic acids is 2. The van der Waals surface area contributed by atoms with Gasteiger partial charge in [0.25, 0.3) is 11.6 Å². The number of benzene rings is 2. The molecule has 0 atom stereocenters. The van der Waals surface area contributed by atoms with Crippen molar-refractivity contribution in [3.8, 4) is 0 Å². The molecule has 0 aromatic heterocycles. The van der Waals surface area contributed by atoms with Crippen molar-refractivity contribution in [1.29, 1.82) is 0 Å². The molecule has 10 heteroatoms. The predicted molar refractivity (Wildman–Crippen MR) is 117 cm³/mol. The lowest BCUT2D eigenvalue weighted by atomic mass is 10.1. The summed E-state index contributed by atoms with van der Waals surface area (Å²) in [5.41, 5.74) is 1.21. The molecule has 0 fully saturated rings. The van der Waals surface area contributed by atoms with Crippen LogP contribution in [0.25, 0.3) is 6.08 Å². The van der Waals surface area contributed by atoms with Gasteiger partial charge >= 0.3 is 0 Å². The predicted octanol–water partition coefficient (Wildman–Crippen LogP) is 2.50. The van der Waals surface area contributed by atoms with Gasteiger partial charge < -0.3 is 15.4 Å². The first kappa shape index (κ1) is 22.7. The van der Waals surface area contributed by atoms with Crippen LogP contribution in [0.1, 0.15) is 15.9 Å². The van der Waals surface area contributed by atoms with Crippen LogP contribution in [0.4, 0.5) is 11.4 Å². The second kappa shape index (κ2) is 11.4. The van der Waals surface area contributed by atoms with Gasteiger partial charge in [-0.15, -0.1) is 0 Å². The van der Waals surface area contributed by atoms with Gasteiger partial charge in [-0.2, -0.15) is 0 Å². The number of hydrogen-bond acceptors (Lipinski definition) is 6. The summed E-state index contributed by atoms with van der Waals surface area (Å²) in [6.07, 6.45) is 2.64. The monoisotopic (exact) mass is 428 g/mol. The van der Waals surface area contributed by atoms with E-state index in [9.17, 15) is 19.7 Å². The van der Waals surface area contributed by atoms with Crippen LogP contribution in [0, 0.1) is 10.1 Å². The van der Waals surface area contributed by atoms with Crippen LogP contribution >= 0.6 is 12.2 Å². The van der Waals surface area contributed by atoms with E-state index in [1.807, 2.05) is 0 Å². The lowest BCUT2D eigenvalue weighted by molar-refractivity contribution is -0.384. The number of amides is 2. The van der Waals surface area contributed by atoms with Gasteiger partial charge in [-0.3, -0.25) is 25.0 Å². The van der Waals surface area contributed by atoms with E-state index in [2.05, 4.69) is 16.0 Å². The largest absolute Gasteiger partial charge is 0.383 e. The number of hydrogen-bond donors (Lipinski definition) is 3. The Balaban J connectivity index is 1.97. The number of carbonyl (C=O) groups is 2. The first-order chi connectivity index (χ1) is 14.4. The molecule has 30 heavy (non-hydrogen) atoms. The fourth-order valence-electron chi connectivity index (χ4n) is 2.37. The van der Waals surface area contributed by atoms with E-state index in [1.54, 1.807) is 30.3 Å². The molecule has 0 unspecified atom stereocenters. The normalized spacial score (nSPS) is 10.4. The number of nitro groups is 1.